The molecule has 2 unspecified atom stereocenters. The number of nitro groups is 1. The van der Waals surface area contributed by atoms with Crippen molar-refractivity contribution in [3.63, 3.8) is 0 Å². The minimum atomic E-state index is -4.21. The van der Waals surface area contributed by atoms with Gasteiger partial charge in [0.1, 0.15) is 16.9 Å². The molecule has 0 fully saturated rings. The maximum absolute atomic E-state index is 15.8. The Morgan fingerprint density at radius 1 is 1.37 bits per heavy atom. The minimum Gasteiger partial charge on any atom is -0.487 e. The number of rotatable bonds is 6. The highest BCUT2D eigenvalue weighted by Crippen LogP contribution is 2.53. The van der Waals surface area contributed by atoms with Gasteiger partial charge in [-0.15, -0.1) is 0 Å². The van der Waals surface area contributed by atoms with Crippen LogP contribution in [0.15, 0.2) is 18.2 Å². The standard InChI is InChI=1S/C19H26F2N2O6S/c1-7-28-15(24)19(20,21)18(22-30(27)16(2,3)4)11-17(5,6)29-14-9-8-12(23(25)26)10-13(14)18/h8-10,22H,7,11H2,1-6H3. The van der Waals surface area contributed by atoms with E-state index in [1.807, 2.05) is 0 Å². The van der Waals surface area contributed by atoms with E-state index in [0.717, 1.165) is 12.1 Å². The van der Waals surface area contributed by atoms with Gasteiger partial charge in [-0.25, -0.2) is 13.7 Å². The molecule has 11 heteroatoms. The summed E-state index contributed by atoms with van der Waals surface area (Å²) >= 11 is 0. The first-order valence-corrected chi connectivity index (χ1v) is 10.4. The third-order valence-electron chi connectivity index (χ3n) is 4.60. The Morgan fingerprint density at radius 3 is 2.47 bits per heavy atom. The summed E-state index contributed by atoms with van der Waals surface area (Å²) in [6.07, 6.45) is -0.498. The van der Waals surface area contributed by atoms with Crippen molar-refractivity contribution >= 4 is 22.6 Å². The second-order valence-electron chi connectivity index (χ2n) is 8.66. The molecule has 0 radical (unpaired) electrons. The minimum absolute atomic E-state index is 0.0702. The molecule has 30 heavy (non-hydrogen) atoms. The second kappa shape index (κ2) is 7.84. The van der Waals surface area contributed by atoms with Crippen molar-refractivity contribution in [1.82, 2.24) is 4.72 Å². The van der Waals surface area contributed by atoms with E-state index >= 15 is 8.78 Å². The Kier molecular flexibility index (Phi) is 6.31. The third kappa shape index (κ3) is 4.31. The highest BCUT2D eigenvalue weighted by Gasteiger charge is 2.66. The lowest BCUT2D eigenvalue weighted by Gasteiger charge is -2.48. The molecule has 2 rings (SSSR count). The van der Waals surface area contributed by atoms with Gasteiger partial charge in [-0.2, -0.15) is 8.78 Å². The molecule has 0 amide bonds. The Hall–Kier alpha value is -2.14. The van der Waals surface area contributed by atoms with Crippen molar-refractivity contribution in [3.05, 3.63) is 33.9 Å². The molecule has 1 heterocycles. The number of nitrogens with zero attached hydrogens (tertiary/aromatic N) is 1. The van der Waals surface area contributed by atoms with Crippen LogP contribution in [0.1, 0.15) is 53.5 Å². The highest BCUT2D eigenvalue weighted by molar-refractivity contribution is 7.84. The molecule has 1 aliphatic rings. The monoisotopic (exact) mass is 448 g/mol. The smallest absolute Gasteiger partial charge is 0.379 e. The van der Waals surface area contributed by atoms with Crippen molar-refractivity contribution in [2.24, 2.45) is 0 Å². The van der Waals surface area contributed by atoms with Crippen molar-refractivity contribution < 1.29 is 32.2 Å². The van der Waals surface area contributed by atoms with Gasteiger partial charge in [0.15, 0.2) is 0 Å². The number of ether oxygens (including phenoxy) is 2. The first-order valence-electron chi connectivity index (χ1n) is 9.30. The number of alkyl halides is 2. The van der Waals surface area contributed by atoms with E-state index in [9.17, 15) is 19.1 Å². The van der Waals surface area contributed by atoms with Gasteiger partial charge < -0.3 is 9.47 Å². The van der Waals surface area contributed by atoms with E-state index in [4.69, 9.17) is 4.74 Å². The summed E-state index contributed by atoms with van der Waals surface area (Å²) in [5, 5.41) is 11.3. The maximum Gasteiger partial charge on any atom is 0.379 e. The normalized spacial score (nSPS) is 21.9. The van der Waals surface area contributed by atoms with Gasteiger partial charge in [0.25, 0.3) is 5.69 Å². The topological polar surface area (TPSA) is 108 Å². The number of carbonyl (C=O) groups excluding carboxylic acids is 1. The summed E-state index contributed by atoms with van der Waals surface area (Å²) in [5.41, 5.74) is -4.58. The average molecular weight is 448 g/mol. The van der Waals surface area contributed by atoms with E-state index in [2.05, 4.69) is 9.46 Å². The van der Waals surface area contributed by atoms with Gasteiger partial charge in [-0.1, -0.05) is 0 Å². The van der Waals surface area contributed by atoms with Crippen LogP contribution in [0.3, 0.4) is 0 Å². The van der Waals surface area contributed by atoms with Crippen LogP contribution >= 0.6 is 0 Å². The lowest BCUT2D eigenvalue weighted by molar-refractivity contribution is -0.385. The summed E-state index contributed by atoms with van der Waals surface area (Å²) in [5.74, 6) is -6.10. The molecule has 0 aliphatic carbocycles. The summed E-state index contributed by atoms with van der Waals surface area (Å²) in [6, 6.07) is 3.24. The lowest BCUT2D eigenvalue weighted by atomic mass is 9.74. The van der Waals surface area contributed by atoms with Gasteiger partial charge in [0.05, 0.1) is 27.3 Å². The third-order valence-corrected chi connectivity index (χ3v) is 6.25. The van der Waals surface area contributed by atoms with Gasteiger partial charge in [0.2, 0.25) is 0 Å². The van der Waals surface area contributed by atoms with Gasteiger partial charge in [-0.3, -0.25) is 10.1 Å². The number of non-ortho nitro benzene ring substituents is 1. The number of halogens is 2. The Bertz CT molecular complexity index is 884. The van der Waals surface area contributed by atoms with E-state index < -0.39 is 55.8 Å². The van der Waals surface area contributed by atoms with Crippen LogP contribution in [0.2, 0.25) is 0 Å². The first kappa shape index (κ1) is 24.1. The van der Waals surface area contributed by atoms with Crippen LogP contribution in [-0.4, -0.2) is 38.0 Å². The van der Waals surface area contributed by atoms with E-state index in [0.29, 0.717) is 0 Å². The number of carbonyl (C=O) groups is 1. The SMILES string of the molecule is CCOC(=O)C(F)(F)C1(NS(=O)C(C)(C)C)CC(C)(C)Oc2ccc([N+](=O)[O-])cc21. The van der Waals surface area contributed by atoms with E-state index in [1.165, 1.54) is 26.8 Å². The Morgan fingerprint density at radius 2 is 1.97 bits per heavy atom. The van der Waals surface area contributed by atoms with Gasteiger partial charge in [-0.05, 0) is 47.6 Å². The predicted molar refractivity (Wildman–Crippen MR) is 107 cm³/mol. The van der Waals surface area contributed by atoms with E-state index in [-0.39, 0.29) is 17.9 Å². The molecule has 0 aromatic heterocycles. The van der Waals surface area contributed by atoms with Crippen LogP contribution in [0, 0.1) is 10.1 Å². The van der Waals surface area contributed by atoms with Crippen LogP contribution in [-0.2, 0) is 26.1 Å². The van der Waals surface area contributed by atoms with Crippen molar-refractivity contribution in [3.8, 4) is 5.75 Å². The molecular weight excluding hydrogens is 422 g/mol. The molecule has 1 N–H and O–H groups in total. The largest absolute Gasteiger partial charge is 0.487 e. The Balaban J connectivity index is 2.86. The average Bonchev–Trinajstić information content (AvgIpc) is 2.59. The zero-order chi connectivity index (χ0) is 23.1. The van der Waals surface area contributed by atoms with Crippen LogP contribution in [0.5, 0.6) is 5.75 Å². The molecule has 1 aromatic rings. The molecule has 0 saturated carbocycles. The summed E-state index contributed by atoms with van der Waals surface area (Å²) in [6.45, 7) is 8.88. The first-order chi connectivity index (χ1) is 13.6. The molecule has 0 bridgehead atoms. The lowest BCUT2D eigenvalue weighted by Crippen LogP contribution is -2.66. The van der Waals surface area contributed by atoms with Gasteiger partial charge in [0, 0.05) is 24.1 Å². The number of hydrogen-bond acceptors (Lipinski definition) is 6. The number of hydrogen-bond donors (Lipinski definition) is 1. The van der Waals surface area contributed by atoms with E-state index in [1.54, 1.807) is 20.8 Å². The van der Waals surface area contributed by atoms with Crippen molar-refractivity contribution in [1.29, 1.82) is 0 Å². The number of fused-ring (bicyclic) bond motifs is 1. The van der Waals surface area contributed by atoms with Crippen molar-refractivity contribution in [2.45, 2.75) is 69.8 Å². The summed E-state index contributed by atoms with van der Waals surface area (Å²) < 4.78 is 56.3. The number of nitro benzene ring substituents is 1. The predicted octanol–water partition coefficient (Wildman–Crippen LogP) is 3.60. The fourth-order valence-corrected chi connectivity index (χ4v) is 4.20. The molecule has 0 spiro atoms. The number of nitrogens with one attached hydrogen (secondary N) is 1. The molecule has 8 nitrogen and oxygen atoms in total. The summed E-state index contributed by atoms with van der Waals surface area (Å²) in [4.78, 5) is 22.9. The quantitative estimate of drug-likeness (QED) is 0.405. The van der Waals surface area contributed by atoms with Crippen LogP contribution in [0.4, 0.5) is 14.5 Å². The van der Waals surface area contributed by atoms with Crippen molar-refractivity contribution in [2.75, 3.05) is 6.61 Å². The molecular formula is C19H26F2N2O6S. The highest BCUT2D eigenvalue weighted by atomic mass is 32.2. The second-order valence-corrected chi connectivity index (χ2v) is 10.6. The molecule has 0 saturated heterocycles. The van der Waals surface area contributed by atoms with Crippen LogP contribution in [0.25, 0.3) is 0 Å². The zero-order valence-corrected chi connectivity index (χ0v) is 18.5. The van der Waals surface area contributed by atoms with Gasteiger partial charge >= 0.3 is 11.9 Å². The molecule has 1 aromatic carbocycles. The fourth-order valence-electron chi connectivity index (χ4n) is 3.26. The molecule has 2 atom stereocenters. The van der Waals surface area contributed by atoms with Crippen LogP contribution < -0.4 is 9.46 Å². The molecule has 1 aliphatic heterocycles. The zero-order valence-electron chi connectivity index (χ0n) is 17.7. The maximum atomic E-state index is 15.8. The number of benzene rings is 1. The molecule has 168 valence electrons. The fraction of sp³-hybridized carbons (Fsp3) is 0.632. The Labute approximate surface area is 176 Å². The summed E-state index contributed by atoms with van der Waals surface area (Å²) in [7, 11) is -2.06. The number of esters is 1.